The van der Waals surface area contributed by atoms with Gasteiger partial charge in [-0.1, -0.05) is 0 Å². The molecule has 1 fully saturated rings. The van der Waals surface area contributed by atoms with Gasteiger partial charge in [0.05, 0.1) is 31.1 Å². The van der Waals surface area contributed by atoms with E-state index in [-0.39, 0.29) is 37.5 Å². The van der Waals surface area contributed by atoms with Crippen molar-refractivity contribution in [3.63, 3.8) is 0 Å². The number of morpholine rings is 1. The van der Waals surface area contributed by atoms with Crippen LogP contribution in [0.15, 0.2) is 23.0 Å². The highest BCUT2D eigenvalue weighted by Crippen LogP contribution is 2.06. The van der Waals surface area contributed by atoms with Crippen molar-refractivity contribution in [2.45, 2.75) is 12.5 Å². The molecule has 0 bridgehead atoms. The molecule has 1 saturated heterocycles. The van der Waals surface area contributed by atoms with E-state index in [0.29, 0.717) is 25.3 Å². The van der Waals surface area contributed by atoms with E-state index in [1.165, 1.54) is 12.5 Å². The van der Waals surface area contributed by atoms with Gasteiger partial charge in [-0.25, -0.2) is 0 Å². The first-order valence-electron chi connectivity index (χ1n) is 6.51. The van der Waals surface area contributed by atoms with E-state index in [4.69, 9.17) is 14.3 Å². The lowest BCUT2D eigenvalue weighted by Crippen LogP contribution is -2.47. The van der Waals surface area contributed by atoms with E-state index in [1.807, 2.05) is 0 Å². The average molecular weight is 282 g/mol. The number of carbonyl (C=O) groups is 2. The highest BCUT2D eigenvalue weighted by molar-refractivity contribution is 5.94. The predicted molar refractivity (Wildman–Crippen MR) is 69.1 cm³/mol. The minimum Gasteiger partial charge on any atom is -0.472 e. The number of nitrogens with one attached hydrogen (secondary N) is 1. The lowest BCUT2D eigenvalue weighted by atomic mass is 10.2. The first-order chi connectivity index (χ1) is 9.70. The van der Waals surface area contributed by atoms with Gasteiger partial charge in [0.25, 0.3) is 5.91 Å². The van der Waals surface area contributed by atoms with Crippen LogP contribution < -0.4 is 5.32 Å². The van der Waals surface area contributed by atoms with Crippen molar-refractivity contribution in [1.29, 1.82) is 0 Å². The Balaban J connectivity index is 1.71. The van der Waals surface area contributed by atoms with E-state index >= 15 is 0 Å². The first-order valence-corrected chi connectivity index (χ1v) is 6.51. The van der Waals surface area contributed by atoms with Gasteiger partial charge in [-0.3, -0.25) is 9.59 Å². The van der Waals surface area contributed by atoms with Gasteiger partial charge in [-0.05, 0) is 6.07 Å². The van der Waals surface area contributed by atoms with E-state index in [1.54, 1.807) is 11.0 Å². The fraction of sp³-hybridized carbons (Fsp3) is 0.538. The van der Waals surface area contributed by atoms with Gasteiger partial charge < -0.3 is 24.5 Å². The molecule has 7 nitrogen and oxygen atoms in total. The summed E-state index contributed by atoms with van der Waals surface area (Å²) in [5.41, 5.74) is 0.434. The van der Waals surface area contributed by atoms with Crippen molar-refractivity contribution in [2.24, 2.45) is 0 Å². The molecule has 0 spiro atoms. The van der Waals surface area contributed by atoms with Gasteiger partial charge in [0.2, 0.25) is 5.91 Å². The number of hydrogen-bond donors (Lipinski definition) is 2. The van der Waals surface area contributed by atoms with Crippen molar-refractivity contribution < 1.29 is 23.8 Å². The Labute approximate surface area is 116 Å². The Morgan fingerprint density at radius 3 is 3.05 bits per heavy atom. The molecule has 1 aromatic heterocycles. The second-order valence-corrected chi connectivity index (χ2v) is 4.53. The summed E-state index contributed by atoms with van der Waals surface area (Å²) in [5, 5.41) is 11.7. The Morgan fingerprint density at radius 1 is 1.50 bits per heavy atom. The van der Waals surface area contributed by atoms with Crippen LogP contribution in [0.25, 0.3) is 0 Å². The maximum atomic E-state index is 11.9. The third kappa shape index (κ3) is 3.82. The number of aliphatic hydroxyl groups is 1. The number of furan rings is 1. The molecular weight excluding hydrogens is 264 g/mol. The first kappa shape index (κ1) is 14.5. The normalized spacial score (nSPS) is 18.9. The van der Waals surface area contributed by atoms with Gasteiger partial charge in [0, 0.05) is 26.1 Å². The van der Waals surface area contributed by atoms with Gasteiger partial charge in [-0.15, -0.1) is 0 Å². The van der Waals surface area contributed by atoms with Crippen LogP contribution in [0, 0.1) is 0 Å². The molecule has 2 heterocycles. The predicted octanol–water partition coefficient (Wildman–Crippen LogP) is -0.381. The van der Waals surface area contributed by atoms with Crippen molar-refractivity contribution in [3.05, 3.63) is 24.2 Å². The number of ether oxygens (including phenoxy) is 1. The van der Waals surface area contributed by atoms with Crippen LogP contribution in [0.5, 0.6) is 0 Å². The summed E-state index contributed by atoms with van der Waals surface area (Å²) in [5.74, 6) is -0.319. The summed E-state index contributed by atoms with van der Waals surface area (Å²) in [6, 6.07) is 1.56. The van der Waals surface area contributed by atoms with Crippen LogP contribution in [-0.2, 0) is 9.53 Å². The molecule has 1 aliphatic rings. The monoisotopic (exact) mass is 282 g/mol. The fourth-order valence-corrected chi connectivity index (χ4v) is 1.99. The standard InChI is InChI=1S/C13H18N2O5/c16-8-11-7-15(4-6-20-11)12(17)1-3-14-13(18)10-2-5-19-9-10/h2,5,9,11,16H,1,3-4,6-8H2,(H,14,18). The lowest BCUT2D eigenvalue weighted by molar-refractivity contribution is -0.140. The molecule has 0 aliphatic carbocycles. The molecule has 7 heteroatoms. The average Bonchev–Trinajstić information content (AvgIpc) is 3.01. The van der Waals surface area contributed by atoms with E-state index in [9.17, 15) is 9.59 Å². The molecule has 1 aliphatic heterocycles. The highest BCUT2D eigenvalue weighted by atomic mass is 16.5. The minimum absolute atomic E-state index is 0.0563. The number of nitrogens with zero attached hydrogens (tertiary/aromatic N) is 1. The maximum Gasteiger partial charge on any atom is 0.254 e. The number of amides is 2. The molecule has 0 saturated carbocycles. The van der Waals surface area contributed by atoms with Crippen LogP contribution in [0.3, 0.4) is 0 Å². The van der Waals surface area contributed by atoms with Crippen LogP contribution >= 0.6 is 0 Å². The van der Waals surface area contributed by atoms with Crippen molar-refractivity contribution in [2.75, 3.05) is 32.8 Å². The van der Waals surface area contributed by atoms with Crippen molar-refractivity contribution in [1.82, 2.24) is 10.2 Å². The van der Waals surface area contributed by atoms with Gasteiger partial charge >= 0.3 is 0 Å². The zero-order valence-corrected chi connectivity index (χ0v) is 11.1. The molecule has 2 amide bonds. The third-order valence-electron chi connectivity index (χ3n) is 3.10. The van der Waals surface area contributed by atoms with Gasteiger partial charge in [0.15, 0.2) is 0 Å². The second-order valence-electron chi connectivity index (χ2n) is 4.53. The Bertz CT molecular complexity index is 446. The topological polar surface area (TPSA) is 92.0 Å². The summed E-state index contributed by atoms with van der Waals surface area (Å²) >= 11 is 0. The van der Waals surface area contributed by atoms with Crippen LogP contribution in [-0.4, -0.2) is 60.8 Å². The van der Waals surface area contributed by atoms with E-state index in [0.717, 1.165) is 0 Å². The number of rotatable bonds is 5. The number of aliphatic hydroxyl groups excluding tert-OH is 1. The summed E-state index contributed by atoms with van der Waals surface area (Å²) in [7, 11) is 0. The highest BCUT2D eigenvalue weighted by Gasteiger charge is 2.23. The third-order valence-corrected chi connectivity index (χ3v) is 3.10. The van der Waals surface area contributed by atoms with E-state index in [2.05, 4.69) is 5.32 Å². The molecule has 1 unspecified atom stereocenters. The zero-order chi connectivity index (χ0) is 14.4. The quantitative estimate of drug-likeness (QED) is 0.768. The Morgan fingerprint density at radius 2 is 2.35 bits per heavy atom. The maximum absolute atomic E-state index is 11.9. The Kier molecular flexibility index (Phi) is 5.14. The largest absolute Gasteiger partial charge is 0.472 e. The zero-order valence-electron chi connectivity index (χ0n) is 11.1. The molecule has 110 valence electrons. The molecule has 2 N–H and O–H groups in total. The van der Waals surface area contributed by atoms with E-state index < -0.39 is 0 Å². The van der Waals surface area contributed by atoms with Crippen molar-refractivity contribution in [3.8, 4) is 0 Å². The lowest BCUT2D eigenvalue weighted by Gasteiger charge is -2.32. The van der Waals surface area contributed by atoms with Crippen molar-refractivity contribution >= 4 is 11.8 Å². The Hall–Kier alpha value is -1.86. The summed E-state index contributed by atoms with van der Waals surface area (Å²) < 4.78 is 10.1. The van der Waals surface area contributed by atoms with Gasteiger partial charge in [-0.2, -0.15) is 0 Å². The molecule has 0 aromatic carbocycles. The molecule has 0 radical (unpaired) electrons. The SMILES string of the molecule is O=C(NCCC(=O)N1CCOC(CO)C1)c1ccoc1. The summed E-state index contributed by atoms with van der Waals surface area (Å²) in [4.78, 5) is 25.2. The molecular formula is C13H18N2O5. The smallest absolute Gasteiger partial charge is 0.254 e. The fourth-order valence-electron chi connectivity index (χ4n) is 1.99. The minimum atomic E-state index is -0.312. The van der Waals surface area contributed by atoms with Gasteiger partial charge in [0.1, 0.15) is 6.26 Å². The van der Waals surface area contributed by atoms with Crippen LogP contribution in [0.1, 0.15) is 16.8 Å². The second kappa shape index (κ2) is 7.06. The molecule has 20 heavy (non-hydrogen) atoms. The van der Waals surface area contributed by atoms with Crippen LogP contribution in [0.2, 0.25) is 0 Å². The summed E-state index contributed by atoms with van der Waals surface area (Å²) in [6.07, 6.45) is 2.68. The molecule has 1 aromatic rings. The molecule has 2 rings (SSSR count). The molecule has 1 atom stereocenters. The van der Waals surface area contributed by atoms with Crippen LogP contribution in [0.4, 0.5) is 0 Å². The summed E-state index contributed by atoms with van der Waals surface area (Å²) in [6.45, 7) is 1.51. The number of hydrogen-bond acceptors (Lipinski definition) is 5. The number of carbonyl (C=O) groups excluding carboxylic acids is 2.